The van der Waals surface area contributed by atoms with Crippen LogP contribution in [0, 0.1) is 13.8 Å². The number of pyridine rings is 1. The Hall–Kier alpha value is -1.19. The van der Waals surface area contributed by atoms with E-state index in [1.165, 1.54) is 15.3 Å². The monoisotopic (exact) mass is 260 g/mol. The van der Waals surface area contributed by atoms with E-state index >= 15 is 0 Å². The Balaban J connectivity index is 2.29. The Morgan fingerprint density at radius 2 is 2.06 bits per heavy atom. The van der Waals surface area contributed by atoms with Gasteiger partial charge in [-0.05, 0) is 44.7 Å². The summed E-state index contributed by atoms with van der Waals surface area (Å²) in [6.45, 7) is 6.59. The standard InChI is InChI=1S/C15H20N2S/c1-10-9-14(18-12(10)3)15(16-4)11(2)13-7-5-6-8-17-13/h5-9,11,15-16H,1-4H3. The van der Waals surface area contributed by atoms with Crippen molar-refractivity contribution in [3.8, 4) is 0 Å². The zero-order valence-corrected chi connectivity index (χ0v) is 12.2. The summed E-state index contributed by atoms with van der Waals surface area (Å²) in [6, 6.07) is 8.74. The first-order chi connectivity index (χ1) is 8.63. The van der Waals surface area contributed by atoms with Crippen LogP contribution in [0.1, 0.15) is 39.9 Å². The molecule has 2 aromatic heterocycles. The van der Waals surface area contributed by atoms with Crippen LogP contribution >= 0.6 is 11.3 Å². The lowest BCUT2D eigenvalue weighted by Crippen LogP contribution is -2.21. The van der Waals surface area contributed by atoms with Crippen molar-refractivity contribution in [3.05, 3.63) is 51.5 Å². The maximum Gasteiger partial charge on any atom is 0.0494 e. The minimum atomic E-state index is 0.331. The molecule has 0 fully saturated rings. The number of aromatic nitrogens is 1. The van der Waals surface area contributed by atoms with Gasteiger partial charge in [-0.1, -0.05) is 13.0 Å². The Morgan fingerprint density at radius 3 is 2.56 bits per heavy atom. The van der Waals surface area contributed by atoms with Crippen LogP contribution in [0.2, 0.25) is 0 Å². The van der Waals surface area contributed by atoms with Gasteiger partial charge in [-0.3, -0.25) is 4.98 Å². The third-order valence-electron chi connectivity index (χ3n) is 3.46. The van der Waals surface area contributed by atoms with Gasteiger partial charge in [-0.15, -0.1) is 11.3 Å². The first-order valence-corrected chi connectivity index (χ1v) is 7.10. The van der Waals surface area contributed by atoms with Gasteiger partial charge in [0.25, 0.3) is 0 Å². The molecule has 0 radical (unpaired) electrons. The van der Waals surface area contributed by atoms with E-state index in [0.29, 0.717) is 12.0 Å². The largest absolute Gasteiger partial charge is 0.312 e. The van der Waals surface area contributed by atoms with Gasteiger partial charge in [0.1, 0.15) is 0 Å². The van der Waals surface area contributed by atoms with Crippen LogP contribution < -0.4 is 5.32 Å². The Labute approximate surface area is 113 Å². The van der Waals surface area contributed by atoms with Crippen molar-refractivity contribution in [2.75, 3.05) is 7.05 Å². The Kier molecular flexibility index (Phi) is 4.15. The second kappa shape index (κ2) is 5.63. The van der Waals surface area contributed by atoms with E-state index < -0.39 is 0 Å². The molecule has 0 bridgehead atoms. The van der Waals surface area contributed by atoms with E-state index in [9.17, 15) is 0 Å². The summed E-state index contributed by atoms with van der Waals surface area (Å²) in [5, 5.41) is 3.43. The van der Waals surface area contributed by atoms with Gasteiger partial charge in [-0.25, -0.2) is 0 Å². The van der Waals surface area contributed by atoms with Gasteiger partial charge in [-0.2, -0.15) is 0 Å². The van der Waals surface area contributed by atoms with E-state index in [1.807, 2.05) is 30.6 Å². The number of nitrogens with zero attached hydrogens (tertiary/aromatic N) is 1. The van der Waals surface area contributed by atoms with Crippen LogP contribution in [0.15, 0.2) is 30.5 Å². The minimum Gasteiger partial charge on any atom is -0.312 e. The number of aryl methyl sites for hydroxylation is 2. The molecule has 0 aliphatic rings. The van der Waals surface area contributed by atoms with E-state index in [4.69, 9.17) is 0 Å². The Morgan fingerprint density at radius 1 is 1.28 bits per heavy atom. The van der Waals surface area contributed by atoms with Crippen LogP contribution in [-0.2, 0) is 0 Å². The fraction of sp³-hybridized carbons (Fsp3) is 0.400. The fourth-order valence-electron chi connectivity index (χ4n) is 2.21. The molecular formula is C15H20N2S. The molecule has 18 heavy (non-hydrogen) atoms. The van der Waals surface area contributed by atoms with Crippen LogP contribution in [0.4, 0.5) is 0 Å². The molecule has 0 spiro atoms. The summed E-state index contributed by atoms with van der Waals surface area (Å²) < 4.78 is 0. The third-order valence-corrected chi connectivity index (χ3v) is 4.69. The highest BCUT2D eigenvalue weighted by Gasteiger charge is 2.22. The average Bonchev–Trinajstić information content (AvgIpc) is 2.71. The minimum absolute atomic E-state index is 0.331. The van der Waals surface area contributed by atoms with Crippen molar-refractivity contribution < 1.29 is 0 Å². The van der Waals surface area contributed by atoms with Crippen LogP contribution in [0.5, 0.6) is 0 Å². The molecule has 0 aliphatic carbocycles. The quantitative estimate of drug-likeness (QED) is 0.904. The lowest BCUT2D eigenvalue weighted by Gasteiger charge is -2.22. The molecule has 0 amide bonds. The smallest absolute Gasteiger partial charge is 0.0494 e. The van der Waals surface area contributed by atoms with Crippen LogP contribution in [0.3, 0.4) is 0 Å². The fourth-order valence-corrected chi connectivity index (χ4v) is 3.47. The van der Waals surface area contributed by atoms with Gasteiger partial charge in [0.15, 0.2) is 0 Å². The van der Waals surface area contributed by atoms with E-state index in [-0.39, 0.29) is 0 Å². The van der Waals surface area contributed by atoms with E-state index in [0.717, 1.165) is 5.69 Å². The first-order valence-electron chi connectivity index (χ1n) is 6.28. The second-order valence-electron chi connectivity index (χ2n) is 4.70. The summed E-state index contributed by atoms with van der Waals surface area (Å²) in [5.74, 6) is 0.369. The summed E-state index contributed by atoms with van der Waals surface area (Å²) >= 11 is 1.88. The van der Waals surface area contributed by atoms with Gasteiger partial charge in [0.2, 0.25) is 0 Å². The van der Waals surface area contributed by atoms with Crippen molar-refractivity contribution in [2.24, 2.45) is 0 Å². The maximum absolute atomic E-state index is 4.47. The number of thiophene rings is 1. The van der Waals surface area contributed by atoms with Crippen molar-refractivity contribution in [1.82, 2.24) is 10.3 Å². The highest BCUT2D eigenvalue weighted by Crippen LogP contribution is 2.34. The molecule has 1 N–H and O–H groups in total. The number of hydrogen-bond acceptors (Lipinski definition) is 3. The highest BCUT2D eigenvalue weighted by atomic mass is 32.1. The number of nitrogens with one attached hydrogen (secondary N) is 1. The van der Waals surface area contributed by atoms with Gasteiger partial charge < -0.3 is 5.32 Å². The molecule has 2 rings (SSSR count). The number of rotatable bonds is 4. The second-order valence-corrected chi connectivity index (χ2v) is 5.99. The molecule has 0 aromatic carbocycles. The predicted octanol–water partition coefficient (Wildman–Crippen LogP) is 3.82. The first kappa shape index (κ1) is 13.2. The topological polar surface area (TPSA) is 24.9 Å². The van der Waals surface area contributed by atoms with Gasteiger partial charge >= 0.3 is 0 Å². The zero-order valence-electron chi connectivity index (χ0n) is 11.4. The molecule has 2 heterocycles. The van der Waals surface area contributed by atoms with Crippen LogP contribution in [-0.4, -0.2) is 12.0 Å². The summed E-state index contributed by atoms with van der Waals surface area (Å²) in [4.78, 5) is 7.26. The SMILES string of the molecule is CNC(c1cc(C)c(C)s1)C(C)c1ccccn1. The van der Waals surface area contributed by atoms with Gasteiger partial charge in [0, 0.05) is 33.6 Å². The Bertz CT molecular complexity index is 485. The van der Waals surface area contributed by atoms with Crippen molar-refractivity contribution in [3.63, 3.8) is 0 Å². The molecule has 2 aromatic rings. The number of hydrogen-bond donors (Lipinski definition) is 1. The van der Waals surface area contributed by atoms with Crippen molar-refractivity contribution in [2.45, 2.75) is 32.7 Å². The van der Waals surface area contributed by atoms with Crippen molar-refractivity contribution in [1.29, 1.82) is 0 Å². The van der Waals surface area contributed by atoms with E-state index in [2.05, 4.69) is 49.3 Å². The molecule has 2 nitrogen and oxygen atoms in total. The van der Waals surface area contributed by atoms with Crippen molar-refractivity contribution >= 4 is 11.3 Å². The third kappa shape index (κ3) is 2.62. The lowest BCUT2D eigenvalue weighted by molar-refractivity contribution is 0.506. The van der Waals surface area contributed by atoms with Crippen LogP contribution in [0.25, 0.3) is 0 Å². The molecule has 2 atom stereocenters. The normalized spacial score (nSPS) is 14.4. The maximum atomic E-state index is 4.47. The molecular weight excluding hydrogens is 240 g/mol. The molecule has 96 valence electrons. The molecule has 0 aliphatic heterocycles. The number of likely N-dealkylation sites (N-methyl/N-ethyl adjacent to an activating group) is 1. The molecule has 2 unspecified atom stereocenters. The predicted molar refractivity (Wildman–Crippen MR) is 78.2 cm³/mol. The average molecular weight is 260 g/mol. The zero-order chi connectivity index (χ0) is 13.1. The van der Waals surface area contributed by atoms with Gasteiger partial charge in [0.05, 0.1) is 0 Å². The van der Waals surface area contributed by atoms with E-state index in [1.54, 1.807) is 0 Å². The molecule has 0 saturated carbocycles. The summed E-state index contributed by atoms with van der Waals surface area (Å²) in [7, 11) is 2.02. The molecule has 3 heteroatoms. The highest BCUT2D eigenvalue weighted by molar-refractivity contribution is 7.12. The summed E-state index contributed by atoms with van der Waals surface area (Å²) in [6.07, 6.45) is 1.86. The summed E-state index contributed by atoms with van der Waals surface area (Å²) in [5.41, 5.74) is 2.52. The lowest BCUT2D eigenvalue weighted by atomic mass is 9.96. The molecule has 0 saturated heterocycles.